The SMILES string of the molecule is Cc1cn(CC(=O)N(CCNC(=O)c2cc3c([nH]c4ccccc43)c(C)n2)CC(=O)NCCN(CC(N)=O)C(=O)Cn2ccc(=O)[nH]c2=O)c(=O)[nH]c1=O.O=C(O)C(F)(F)F. The van der Waals surface area contributed by atoms with Crippen LogP contribution < -0.4 is 38.9 Å². The van der Waals surface area contributed by atoms with E-state index in [9.17, 15) is 56.3 Å². The molecule has 5 rings (SSSR count). The van der Waals surface area contributed by atoms with Gasteiger partial charge in [0.25, 0.3) is 17.0 Å². The number of primary amides is 1. The van der Waals surface area contributed by atoms with E-state index in [-0.39, 0.29) is 37.4 Å². The summed E-state index contributed by atoms with van der Waals surface area (Å²) in [7, 11) is 0. The van der Waals surface area contributed by atoms with Crippen LogP contribution in [0.1, 0.15) is 21.7 Å². The van der Waals surface area contributed by atoms with Gasteiger partial charge in [0.1, 0.15) is 18.8 Å². The number of carboxylic acids is 1. The number of halogens is 3. The van der Waals surface area contributed by atoms with Crippen LogP contribution in [0, 0.1) is 13.8 Å². The van der Waals surface area contributed by atoms with Gasteiger partial charge < -0.3 is 36.3 Å². The number of carbonyl (C=O) groups excluding carboxylic acids is 5. The number of hydrogen-bond donors (Lipinski definition) is 7. The second kappa shape index (κ2) is 19.7. The van der Waals surface area contributed by atoms with Crippen LogP contribution in [0.15, 0.2) is 68.0 Å². The third kappa shape index (κ3) is 12.6. The first-order chi connectivity index (χ1) is 28.6. The van der Waals surface area contributed by atoms with Crippen LogP contribution in [0.4, 0.5) is 13.2 Å². The Morgan fingerprint density at radius 1 is 0.820 bits per heavy atom. The molecule has 8 N–H and O–H groups in total. The number of rotatable bonds is 15. The van der Waals surface area contributed by atoms with Crippen LogP contribution in [0.25, 0.3) is 21.8 Å². The van der Waals surface area contributed by atoms with Crippen molar-refractivity contribution >= 4 is 57.3 Å². The maximum Gasteiger partial charge on any atom is 0.490 e. The lowest BCUT2D eigenvalue weighted by Gasteiger charge is -2.24. The second-order valence-corrected chi connectivity index (χ2v) is 13.1. The van der Waals surface area contributed by atoms with E-state index in [4.69, 9.17) is 15.6 Å². The molecule has 0 saturated heterocycles. The number of carbonyl (C=O) groups is 6. The number of amides is 5. The van der Waals surface area contributed by atoms with Crippen LogP contribution in [0.5, 0.6) is 0 Å². The number of nitrogens with one attached hydrogen (secondary N) is 5. The fraction of sp³-hybridized carbons (Fsp3) is 0.306. The number of aliphatic carboxylic acids is 1. The van der Waals surface area contributed by atoms with Crippen LogP contribution in [0.2, 0.25) is 0 Å². The molecule has 0 aliphatic carbocycles. The monoisotopic (exact) mass is 857 g/mol. The van der Waals surface area contributed by atoms with Gasteiger partial charge in [-0.25, -0.2) is 19.4 Å². The average molecular weight is 858 g/mol. The van der Waals surface area contributed by atoms with E-state index in [1.807, 2.05) is 29.2 Å². The molecule has 5 aromatic rings. The molecule has 0 bridgehead atoms. The van der Waals surface area contributed by atoms with Gasteiger partial charge in [-0.3, -0.25) is 52.7 Å². The molecule has 324 valence electrons. The first-order valence-electron chi connectivity index (χ1n) is 17.8. The summed E-state index contributed by atoms with van der Waals surface area (Å²) in [4.78, 5) is 135. The zero-order valence-electron chi connectivity index (χ0n) is 32.3. The number of alkyl halides is 3. The summed E-state index contributed by atoms with van der Waals surface area (Å²) in [6.07, 6.45) is -2.76. The molecule has 0 radical (unpaired) electrons. The van der Waals surface area contributed by atoms with Gasteiger partial charge in [0.2, 0.25) is 23.6 Å². The molecule has 25 heteroatoms. The van der Waals surface area contributed by atoms with E-state index in [0.717, 1.165) is 53.0 Å². The van der Waals surface area contributed by atoms with E-state index in [1.165, 1.54) is 13.1 Å². The summed E-state index contributed by atoms with van der Waals surface area (Å²) in [5.74, 6) is -6.24. The van der Waals surface area contributed by atoms with Crippen LogP contribution in [-0.2, 0) is 37.1 Å². The number of para-hydroxylation sites is 1. The molecule has 61 heavy (non-hydrogen) atoms. The number of aromatic nitrogens is 6. The average Bonchev–Trinajstić information content (AvgIpc) is 3.56. The Balaban J connectivity index is 0.00000107. The van der Waals surface area contributed by atoms with Crippen molar-refractivity contribution in [3.63, 3.8) is 0 Å². The second-order valence-electron chi connectivity index (χ2n) is 13.1. The quantitative estimate of drug-likeness (QED) is 0.0605. The topological polar surface area (TPSA) is 318 Å². The lowest BCUT2D eigenvalue weighted by atomic mass is 10.1. The minimum absolute atomic E-state index is 0.116. The van der Waals surface area contributed by atoms with Gasteiger partial charge in [-0.1, -0.05) is 18.2 Å². The molecule has 0 saturated carbocycles. The van der Waals surface area contributed by atoms with E-state index in [2.05, 4.69) is 25.6 Å². The molecule has 1 aromatic carbocycles. The van der Waals surface area contributed by atoms with Crippen molar-refractivity contribution in [2.75, 3.05) is 39.3 Å². The van der Waals surface area contributed by atoms with Crippen molar-refractivity contribution in [2.24, 2.45) is 5.73 Å². The summed E-state index contributed by atoms with van der Waals surface area (Å²) >= 11 is 0. The third-order valence-corrected chi connectivity index (χ3v) is 8.61. The number of benzene rings is 1. The standard InChI is InChI=1S/C34H37N11O9.C2HF3O2/c1-19-14-45(34(54)41-31(19)51)18-29(50)43(12-9-37-32(52)24-13-22-21-5-3-4-6-23(21)39-30(22)20(2)38-24)16-27(48)36-8-11-42(15-25(35)46)28(49)17-44-10-7-26(47)40-33(44)53;3-2(4,5)1(6)7/h3-7,10,13-14,39H,8-9,11-12,15-18H2,1-2H3,(H2,35,46)(H,36,48)(H,37,52)(H,40,47,53)(H,41,51,54);(H,6,7). The van der Waals surface area contributed by atoms with Crippen LogP contribution in [0.3, 0.4) is 0 Å². The molecule has 5 amide bonds. The smallest absolute Gasteiger partial charge is 0.475 e. The van der Waals surface area contributed by atoms with Crippen molar-refractivity contribution in [1.82, 2.24) is 49.5 Å². The Kier molecular flexibility index (Phi) is 14.8. The number of pyridine rings is 1. The largest absolute Gasteiger partial charge is 0.490 e. The predicted molar refractivity (Wildman–Crippen MR) is 207 cm³/mol. The number of H-pyrrole nitrogens is 3. The first kappa shape index (κ1) is 45.8. The lowest BCUT2D eigenvalue weighted by molar-refractivity contribution is -0.192. The highest BCUT2D eigenvalue weighted by Crippen LogP contribution is 2.27. The summed E-state index contributed by atoms with van der Waals surface area (Å²) < 4.78 is 33.6. The van der Waals surface area contributed by atoms with Gasteiger partial charge in [-0.2, -0.15) is 13.2 Å². The van der Waals surface area contributed by atoms with Gasteiger partial charge in [-0.05, 0) is 26.0 Å². The highest BCUT2D eigenvalue weighted by Gasteiger charge is 2.38. The Hall–Kier alpha value is -7.86. The first-order valence-corrected chi connectivity index (χ1v) is 17.8. The number of fused-ring (bicyclic) bond motifs is 3. The summed E-state index contributed by atoms with van der Waals surface area (Å²) in [5, 5.41) is 14.1. The zero-order valence-corrected chi connectivity index (χ0v) is 32.3. The normalized spacial score (nSPS) is 11.0. The van der Waals surface area contributed by atoms with E-state index in [1.54, 1.807) is 13.0 Å². The lowest BCUT2D eigenvalue weighted by Crippen LogP contribution is -2.48. The number of nitrogens with two attached hydrogens (primary N) is 1. The van der Waals surface area contributed by atoms with Gasteiger partial charge in [0.15, 0.2) is 0 Å². The number of hydrogen-bond acceptors (Lipinski definition) is 11. The Morgan fingerprint density at radius 2 is 1.41 bits per heavy atom. The molecular formula is C36H38F3N11O11. The van der Waals surface area contributed by atoms with Gasteiger partial charge in [0.05, 0.1) is 24.3 Å². The Labute approximate surface area is 339 Å². The molecule has 22 nitrogen and oxygen atoms in total. The van der Waals surface area contributed by atoms with Crippen molar-refractivity contribution < 1.29 is 47.0 Å². The molecule has 4 heterocycles. The summed E-state index contributed by atoms with van der Waals surface area (Å²) in [5.41, 5.74) is 4.91. The highest BCUT2D eigenvalue weighted by atomic mass is 19.4. The predicted octanol–water partition coefficient (Wildman–Crippen LogP) is -1.94. The van der Waals surface area contributed by atoms with Gasteiger partial charge >= 0.3 is 23.5 Å². The maximum absolute atomic E-state index is 13.5. The minimum Gasteiger partial charge on any atom is -0.475 e. The molecule has 0 aliphatic heterocycles. The fourth-order valence-corrected chi connectivity index (χ4v) is 5.64. The molecule has 0 aliphatic rings. The van der Waals surface area contributed by atoms with Crippen molar-refractivity contribution in [3.8, 4) is 0 Å². The van der Waals surface area contributed by atoms with Crippen molar-refractivity contribution in [1.29, 1.82) is 0 Å². The Bertz CT molecular complexity index is 2740. The van der Waals surface area contributed by atoms with Crippen LogP contribution in [-0.4, -0.2) is 125 Å². The molecular weight excluding hydrogens is 819 g/mol. The highest BCUT2D eigenvalue weighted by molar-refractivity contribution is 6.10. The molecule has 0 unspecified atom stereocenters. The fourth-order valence-electron chi connectivity index (χ4n) is 5.64. The van der Waals surface area contributed by atoms with Gasteiger partial charge in [-0.15, -0.1) is 0 Å². The molecule has 0 atom stereocenters. The number of aryl methyl sites for hydroxylation is 2. The number of carboxylic acid groups (broad SMARTS) is 1. The van der Waals surface area contributed by atoms with E-state index >= 15 is 0 Å². The molecule has 4 aromatic heterocycles. The maximum atomic E-state index is 13.5. The van der Waals surface area contributed by atoms with Gasteiger partial charge in [0, 0.05) is 66.5 Å². The van der Waals surface area contributed by atoms with Crippen molar-refractivity contribution in [2.45, 2.75) is 33.1 Å². The zero-order chi connectivity index (χ0) is 45.2. The van der Waals surface area contributed by atoms with Crippen LogP contribution >= 0.6 is 0 Å². The number of nitrogens with zero attached hydrogens (tertiary/aromatic N) is 5. The number of aromatic amines is 3. The van der Waals surface area contributed by atoms with Crippen molar-refractivity contribution in [3.05, 3.63) is 107 Å². The van der Waals surface area contributed by atoms with E-state index < -0.39 is 90.4 Å². The third-order valence-electron chi connectivity index (χ3n) is 8.61. The molecule has 0 fully saturated rings. The summed E-state index contributed by atoms with van der Waals surface area (Å²) in [6.45, 7) is 0.372. The van der Waals surface area contributed by atoms with E-state index in [0.29, 0.717) is 5.69 Å². The molecule has 0 spiro atoms. The summed E-state index contributed by atoms with van der Waals surface area (Å²) in [6, 6.07) is 10.3. The Morgan fingerprint density at radius 3 is 2.03 bits per heavy atom. The minimum atomic E-state index is -5.08.